The number of rotatable bonds is 8. The van der Waals surface area contributed by atoms with E-state index in [-0.39, 0.29) is 18.9 Å². The Hall–Kier alpha value is -3.81. The highest BCUT2D eigenvalue weighted by Crippen LogP contribution is 2.21. The zero-order valence-corrected chi connectivity index (χ0v) is 15.2. The van der Waals surface area contributed by atoms with Crippen LogP contribution in [0.2, 0.25) is 0 Å². The Labute approximate surface area is 161 Å². The number of nitrogens with two attached hydrogens (primary N) is 1. The van der Waals surface area contributed by atoms with Gasteiger partial charge in [-0.05, 0) is 29.8 Å². The SMILES string of the molecule is COc1cn(-c2ccccc2)nc1C(=O)OCc1cccc(OCC(N)=O)c1. The Morgan fingerprint density at radius 1 is 1.11 bits per heavy atom. The molecule has 0 bridgehead atoms. The lowest BCUT2D eigenvalue weighted by Crippen LogP contribution is -2.20. The first-order valence-corrected chi connectivity index (χ1v) is 8.43. The first-order chi connectivity index (χ1) is 13.6. The van der Waals surface area contributed by atoms with Gasteiger partial charge in [-0.15, -0.1) is 0 Å². The van der Waals surface area contributed by atoms with Crippen LogP contribution in [0.4, 0.5) is 0 Å². The fourth-order valence-corrected chi connectivity index (χ4v) is 2.46. The molecule has 0 radical (unpaired) electrons. The number of carbonyl (C=O) groups is 2. The van der Waals surface area contributed by atoms with E-state index in [1.54, 1.807) is 35.1 Å². The Kier molecular flexibility index (Phi) is 5.91. The molecule has 3 aromatic rings. The lowest BCUT2D eigenvalue weighted by atomic mass is 10.2. The van der Waals surface area contributed by atoms with Crippen LogP contribution in [-0.4, -0.2) is 35.4 Å². The molecule has 1 heterocycles. The highest BCUT2D eigenvalue weighted by atomic mass is 16.5. The van der Waals surface area contributed by atoms with E-state index in [9.17, 15) is 9.59 Å². The van der Waals surface area contributed by atoms with Crippen molar-refractivity contribution in [1.82, 2.24) is 9.78 Å². The van der Waals surface area contributed by atoms with Gasteiger partial charge in [-0.1, -0.05) is 30.3 Å². The average molecular weight is 381 g/mol. The van der Waals surface area contributed by atoms with Crippen LogP contribution >= 0.6 is 0 Å². The molecule has 0 saturated heterocycles. The number of amides is 1. The molecule has 1 amide bonds. The van der Waals surface area contributed by atoms with Crippen molar-refractivity contribution in [2.45, 2.75) is 6.61 Å². The summed E-state index contributed by atoms with van der Waals surface area (Å²) in [4.78, 5) is 23.3. The summed E-state index contributed by atoms with van der Waals surface area (Å²) in [5, 5.41) is 4.27. The Morgan fingerprint density at radius 2 is 1.89 bits per heavy atom. The van der Waals surface area contributed by atoms with Crippen molar-refractivity contribution in [2.24, 2.45) is 5.73 Å². The van der Waals surface area contributed by atoms with Crippen molar-refractivity contribution < 1.29 is 23.8 Å². The lowest BCUT2D eigenvalue weighted by Gasteiger charge is -2.07. The molecule has 144 valence electrons. The van der Waals surface area contributed by atoms with Gasteiger partial charge in [0.15, 0.2) is 12.4 Å². The highest BCUT2D eigenvalue weighted by molar-refractivity contribution is 5.90. The van der Waals surface area contributed by atoms with Crippen LogP contribution in [0, 0.1) is 0 Å². The maximum Gasteiger partial charge on any atom is 0.363 e. The molecule has 0 atom stereocenters. The van der Waals surface area contributed by atoms with Gasteiger partial charge in [0.25, 0.3) is 5.91 Å². The molecule has 0 unspecified atom stereocenters. The van der Waals surface area contributed by atoms with E-state index in [4.69, 9.17) is 19.9 Å². The van der Waals surface area contributed by atoms with Gasteiger partial charge in [0.05, 0.1) is 19.0 Å². The van der Waals surface area contributed by atoms with Crippen LogP contribution in [0.3, 0.4) is 0 Å². The first kappa shape index (κ1) is 19.0. The largest absolute Gasteiger partial charge is 0.493 e. The fraction of sp³-hybridized carbons (Fsp3) is 0.150. The molecule has 0 aliphatic rings. The molecule has 8 heteroatoms. The predicted molar refractivity (Wildman–Crippen MR) is 100 cm³/mol. The number of aromatic nitrogens is 2. The topological polar surface area (TPSA) is 106 Å². The predicted octanol–water partition coefficient (Wildman–Crippen LogP) is 2.10. The minimum absolute atomic E-state index is 0.00789. The second-order valence-corrected chi connectivity index (χ2v) is 5.80. The van der Waals surface area contributed by atoms with Gasteiger partial charge in [0, 0.05) is 0 Å². The van der Waals surface area contributed by atoms with Crippen LogP contribution < -0.4 is 15.2 Å². The summed E-state index contributed by atoms with van der Waals surface area (Å²) in [6, 6.07) is 16.2. The van der Waals surface area contributed by atoms with Gasteiger partial charge in [0.2, 0.25) is 5.69 Å². The van der Waals surface area contributed by atoms with E-state index >= 15 is 0 Å². The van der Waals surface area contributed by atoms with Crippen molar-refractivity contribution in [2.75, 3.05) is 13.7 Å². The normalized spacial score (nSPS) is 10.3. The summed E-state index contributed by atoms with van der Waals surface area (Å²) < 4.78 is 17.4. The lowest BCUT2D eigenvalue weighted by molar-refractivity contribution is -0.119. The summed E-state index contributed by atoms with van der Waals surface area (Å²) in [5.74, 6) is -0.418. The highest BCUT2D eigenvalue weighted by Gasteiger charge is 2.20. The minimum Gasteiger partial charge on any atom is -0.493 e. The van der Waals surface area contributed by atoms with Gasteiger partial charge >= 0.3 is 5.97 Å². The standard InChI is InChI=1S/C20H19N3O5/c1-26-17-11-23(15-7-3-2-4-8-15)22-19(17)20(25)28-12-14-6-5-9-16(10-14)27-13-18(21)24/h2-11H,12-13H2,1H3,(H2,21,24). The van der Waals surface area contributed by atoms with E-state index in [1.165, 1.54) is 7.11 Å². The molecule has 2 N–H and O–H groups in total. The second-order valence-electron chi connectivity index (χ2n) is 5.80. The molecule has 0 fully saturated rings. The van der Waals surface area contributed by atoms with Crippen molar-refractivity contribution in [3.8, 4) is 17.2 Å². The number of nitrogens with zero attached hydrogens (tertiary/aromatic N) is 2. The smallest absolute Gasteiger partial charge is 0.363 e. The van der Waals surface area contributed by atoms with Crippen LogP contribution in [-0.2, 0) is 16.1 Å². The van der Waals surface area contributed by atoms with Crippen molar-refractivity contribution in [3.63, 3.8) is 0 Å². The number of methoxy groups -OCH3 is 1. The number of hydrogen-bond acceptors (Lipinski definition) is 6. The zero-order valence-electron chi connectivity index (χ0n) is 15.2. The molecule has 0 aliphatic carbocycles. The molecule has 1 aromatic heterocycles. The van der Waals surface area contributed by atoms with Crippen LogP contribution in [0.25, 0.3) is 5.69 Å². The number of benzene rings is 2. The minimum atomic E-state index is -0.616. The molecule has 0 saturated carbocycles. The van der Waals surface area contributed by atoms with Crippen LogP contribution in [0.5, 0.6) is 11.5 Å². The van der Waals surface area contributed by atoms with Gasteiger partial charge in [0.1, 0.15) is 12.4 Å². The van der Waals surface area contributed by atoms with Gasteiger partial charge in [-0.25, -0.2) is 9.48 Å². The molecule has 2 aromatic carbocycles. The summed E-state index contributed by atoms with van der Waals surface area (Å²) >= 11 is 0. The number of para-hydroxylation sites is 1. The van der Waals surface area contributed by atoms with E-state index in [2.05, 4.69) is 5.10 Å². The van der Waals surface area contributed by atoms with Crippen LogP contribution in [0.15, 0.2) is 60.8 Å². The summed E-state index contributed by atoms with van der Waals surface area (Å²) in [7, 11) is 1.46. The zero-order chi connectivity index (χ0) is 19.9. The van der Waals surface area contributed by atoms with E-state index < -0.39 is 11.9 Å². The Morgan fingerprint density at radius 3 is 2.61 bits per heavy atom. The molecular formula is C20H19N3O5. The van der Waals surface area contributed by atoms with Crippen LogP contribution in [0.1, 0.15) is 16.1 Å². The summed E-state index contributed by atoms with van der Waals surface area (Å²) in [6.45, 7) is -0.217. The molecule has 0 spiro atoms. The molecule has 28 heavy (non-hydrogen) atoms. The number of carbonyl (C=O) groups excluding carboxylic acids is 2. The molecule has 3 rings (SSSR count). The number of hydrogen-bond donors (Lipinski definition) is 1. The maximum absolute atomic E-state index is 12.5. The van der Waals surface area contributed by atoms with Gasteiger partial charge < -0.3 is 19.9 Å². The van der Waals surface area contributed by atoms with E-state index in [0.29, 0.717) is 17.1 Å². The van der Waals surface area contributed by atoms with Crippen molar-refractivity contribution in [3.05, 3.63) is 72.1 Å². The Balaban J connectivity index is 1.69. The average Bonchev–Trinajstić information content (AvgIpc) is 3.16. The van der Waals surface area contributed by atoms with Gasteiger partial charge in [-0.3, -0.25) is 4.79 Å². The van der Waals surface area contributed by atoms with E-state index in [0.717, 1.165) is 5.69 Å². The second kappa shape index (κ2) is 8.72. The first-order valence-electron chi connectivity index (χ1n) is 8.43. The summed E-state index contributed by atoms with van der Waals surface area (Å²) in [6.07, 6.45) is 1.62. The summed E-state index contributed by atoms with van der Waals surface area (Å²) in [5.41, 5.74) is 6.62. The maximum atomic E-state index is 12.5. The third kappa shape index (κ3) is 4.67. The van der Waals surface area contributed by atoms with Gasteiger partial charge in [-0.2, -0.15) is 5.10 Å². The monoisotopic (exact) mass is 381 g/mol. The molecule has 0 aliphatic heterocycles. The number of esters is 1. The third-order valence-electron chi connectivity index (χ3n) is 3.76. The fourth-order valence-electron chi connectivity index (χ4n) is 2.46. The van der Waals surface area contributed by atoms with E-state index in [1.807, 2.05) is 30.3 Å². The molecular weight excluding hydrogens is 362 g/mol. The van der Waals surface area contributed by atoms with Crippen molar-refractivity contribution in [1.29, 1.82) is 0 Å². The van der Waals surface area contributed by atoms with Crippen molar-refractivity contribution >= 4 is 11.9 Å². The third-order valence-corrected chi connectivity index (χ3v) is 3.76. The number of ether oxygens (including phenoxy) is 3. The quantitative estimate of drug-likeness (QED) is 0.599. The molecule has 8 nitrogen and oxygen atoms in total. The Bertz CT molecular complexity index is 969. The number of primary amides is 1.